The molecule has 0 bridgehead atoms. The number of thiazole rings is 1. The normalized spacial score (nSPS) is 14.8. The Labute approximate surface area is 176 Å². The monoisotopic (exact) mass is 420 g/mol. The molecule has 1 N–H and O–H groups in total. The molecule has 1 aliphatic rings. The Hall–Kier alpha value is -2.77. The second kappa shape index (κ2) is 7.57. The molecule has 0 spiro atoms. The minimum absolute atomic E-state index is 0.154. The first-order valence-corrected chi connectivity index (χ1v) is 11.3. The maximum absolute atomic E-state index is 11.7. The van der Waals surface area contributed by atoms with E-state index in [1.807, 2.05) is 22.7 Å². The highest BCUT2D eigenvalue weighted by Gasteiger charge is 2.16. The lowest BCUT2D eigenvalue weighted by Crippen LogP contribution is -2.29. The van der Waals surface area contributed by atoms with Gasteiger partial charge in [0.25, 0.3) is 0 Å². The number of nitrogens with zero attached hydrogens (tertiary/aromatic N) is 3. The van der Waals surface area contributed by atoms with Crippen molar-refractivity contribution < 1.29 is 4.79 Å². The molecule has 0 unspecified atom stereocenters. The third kappa shape index (κ3) is 3.63. The van der Waals surface area contributed by atoms with Crippen LogP contribution in [-0.2, 0) is 4.79 Å². The van der Waals surface area contributed by atoms with Crippen molar-refractivity contribution in [3.8, 4) is 0 Å². The molecule has 5 nitrogen and oxygen atoms in total. The second-order valence-corrected chi connectivity index (χ2v) is 9.04. The summed E-state index contributed by atoms with van der Waals surface area (Å²) >= 11 is 3.37. The molecule has 29 heavy (non-hydrogen) atoms. The molecule has 5 rings (SSSR count). The first kappa shape index (κ1) is 18.3. The summed E-state index contributed by atoms with van der Waals surface area (Å²) < 4.78 is 1.19. The summed E-state index contributed by atoms with van der Waals surface area (Å²) in [6.45, 7) is 3.23. The molecule has 0 radical (unpaired) electrons. The minimum atomic E-state index is 0.154. The van der Waals surface area contributed by atoms with Gasteiger partial charge in [-0.05, 0) is 48.7 Å². The van der Waals surface area contributed by atoms with Crippen LogP contribution < -0.4 is 5.32 Å². The van der Waals surface area contributed by atoms with E-state index in [0.717, 1.165) is 53.0 Å². The molecule has 1 amide bonds. The molecule has 146 valence electrons. The Balaban J connectivity index is 1.45. The van der Waals surface area contributed by atoms with Gasteiger partial charge in [-0.1, -0.05) is 6.08 Å². The number of nitrogens with one attached hydrogen (secondary N) is 1. The van der Waals surface area contributed by atoms with Gasteiger partial charge < -0.3 is 10.2 Å². The van der Waals surface area contributed by atoms with E-state index in [-0.39, 0.29) is 5.91 Å². The van der Waals surface area contributed by atoms with Gasteiger partial charge >= 0.3 is 0 Å². The van der Waals surface area contributed by atoms with Crippen molar-refractivity contribution in [1.82, 2.24) is 14.9 Å². The van der Waals surface area contributed by atoms with Gasteiger partial charge in [-0.15, -0.1) is 22.7 Å². The van der Waals surface area contributed by atoms with Crippen LogP contribution in [0.25, 0.3) is 26.0 Å². The van der Waals surface area contributed by atoms with Crippen LogP contribution in [0.4, 0.5) is 11.4 Å². The molecule has 3 aromatic heterocycles. The zero-order valence-corrected chi connectivity index (χ0v) is 17.6. The van der Waals surface area contributed by atoms with Gasteiger partial charge in [-0.25, -0.2) is 9.97 Å². The summed E-state index contributed by atoms with van der Waals surface area (Å²) in [5.41, 5.74) is 6.26. The Morgan fingerprint density at radius 2 is 2.10 bits per heavy atom. The molecular formula is C22H20N4OS2. The summed E-state index contributed by atoms with van der Waals surface area (Å²) in [7, 11) is 0. The number of hydrogen-bond donors (Lipinski definition) is 1. The molecule has 0 saturated heterocycles. The van der Waals surface area contributed by atoms with Crippen molar-refractivity contribution in [3.63, 3.8) is 0 Å². The third-order valence-electron chi connectivity index (χ3n) is 5.25. The number of amides is 1. The fourth-order valence-corrected chi connectivity index (χ4v) is 5.45. The van der Waals surface area contributed by atoms with Crippen molar-refractivity contribution in [1.29, 1.82) is 0 Å². The van der Waals surface area contributed by atoms with Crippen LogP contribution in [0.1, 0.15) is 24.6 Å². The molecule has 0 saturated carbocycles. The van der Waals surface area contributed by atoms with Gasteiger partial charge in [0, 0.05) is 42.2 Å². The van der Waals surface area contributed by atoms with Crippen LogP contribution in [0.15, 0.2) is 48.1 Å². The largest absolute Gasteiger partial charge is 0.355 e. The van der Waals surface area contributed by atoms with Gasteiger partial charge in [-0.3, -0.25) is 4.79 Å². The van der Waals surface area contributed by atoms with Crippen molar-refractivity contribution >= 4 is 66.0 Å². The number of benzene rings is 1. The number of rotatable bonds is 3. The first-order valence-electron chi connectivity index (χ1n) is 9.61. The van der Waals surface area contributed by atoms with Gasteiger partial charge in [0.15, 0.2) is 0 Å². The van der Waals surface area contributed by atoms with E-state index < -0.39 is 0 Å². The maximum Gasteiger partial charge on any atom is 0.219 e. The minimum Gasteiger partial charge on any atom is -0.355 e. The summed E-state index contributed by atoms with van der Waals surface area (Å²) in [5, 5.41) is 4.66. The first-order chi connectivity index (χ1) is 14.2. The Kier molecular flexibility index (Phi) is 4.77. The molecule has 0 atom stereocenters. The number of aromatic nitrogens is 2. The quantitative estimate of drug-likeness (QED) is 0.464. The predicted octanol–water partition coefficient (Wildman–Crippen LogP) is 5.68. The summed E-state index contributed by atoms with van der Waals surface area (Å²) in [5.74, 6) is 0.154. The number of carbonyl (C=O) groups is 1. The molecule has 4 aromatic rings. The standard InChI is InChI=1S/C22H20N4OS2/c1-14(27)26-9-2-3-15(7-10-26)21-12-17-18(6-8-23-22(17)29-21)25-16-4-5-20-19(11-16)24-13-28-20/h3-6,8,11-13H,2,7,9-10H2,1H3,(H,23,25). The average molecular weight is 421 g/mol. The maximum atomic E-state index is 11.7. The summed E-state index contributed by atoms with van der Waals surface area (Å²) in [4.78, 5) is 24.9. The van der Waals surface area contributed by atoms with E-state index in [4.69, 9.17) is 0 Å². The lowest BCUT2D eigenvalue weighted by molar-refractivity contribution is -0.128. The van der Waals surface area contributed by atoms with E-state index in [9.17, 15) is 4.79 Å². The SMILES string of the molecule is CC(=O)N1CCC=C(c2cc3c(Nc4ccc5scnc5c4)ccnc3s2)CC1. The predicted molar refractivity (Wildman–Crippen MR) is 122 cm³/mol. The Morgan fingerprint density at radius 3 is 3.00 bits per heavy atom. The van der Waals surface area contributed by atoms with E-state index in [2.05, 4.69) is 45.6 Å². The van der Waals surface area contributed by atoms with Crippen molar-refractivity contribution in [3.05, 3.63) is 53.0 Å². The molecule has 4 heterocycles. The molecule has 0 aliphatic carbocycles. The van der Waals surface area contributed by atoms with Gasteiger partial charge in [0.05, 0.1) is 21.4 Å². The van der Waals surface area contributed by atoms with Gasteiger partial charge in [0.2, 0.25) is 5.91 Å². The topological polar surface area (TPSA) is 58.1 Å². The number of fused-ring (bicyclic) bond motifs is 2. The molecular weight excluding hydrogens is 400 g/mol. The number of carbonyl (C=O) groups excluding carboxylic acids is 1. The smallest absolute Gasteiger partial charge is 0.219 e. The van der Waals surface area contributed by atoms with Crippen LogP contribution in [-0.4, -0.2) is 33.9 Å². The van der Waals surface area contributed by atoms with Gasteiger partial charge in [0.1, 0.15) is 4.83 Å². The molecule has 0 fully saturated rings. The van der Waals surface area contributed by atoms with E-state index >= 15 is 0 Å². The van der Waals surface area contributed by atoms with E-state index in [0.29, 0.717) is 0 Å². The van der Waals surface area contributed by atoms with Gasteiger partial charge in [-0.2, -0.15) is 0 Å². The molecule has 1 aromatic carbocycles. The summed E-state index contributed by atoms with van der Waals surface area (Å²) in [6.07, 6.45) is 5.91. The van der Waals surface area contributed by atoms with E-state index in [1.165, 1.54) is 15.2 Å². The lowest BCUT2D eigenvalue weighted by Gasteiger charge is -2.17. The van der Waals surface area contributed by atoms with Crippen molar-refractivity contribution in [2.45, 2.75) is 19.8 Å². The zero-order valence-electron chi connectivity index (χ0n) is 16.0. The number of anilines is 2. The van der Waals surface area contributed by atoms with Crippen LogP contribution in [0.2, 0.25) is 0 Å². The van der Waals surface area contributed by atoms with Crippen LogP contribution in [0.3, 0.4) is 0 Å². The van der Waals surface area contributed by atoms with E-state index in [1.54, 1.807) is 29.6 Å². The highest BCUT2D eigenvalue weighted by molar-refractivity contribution is 7.19. The fraction of sp³-hybridized carbons (Fsp3) is 0.227. The van der Waals surface area contributed by atoms with Crippen molar-refractivity contribution in [2.75, 3.05) is 18.4 Å². The second-order valence-electron chi connectivity index (χ2n) is 7.12. The Morgan fingerprint density at radius 1 is 1.17 bits per heavy atom. The molecule has 1 aliphatic heterocycles. The third-order valence-corrected chi connectivity index (χ3v) is 7.18. The number of hydrogen-bond acceptors (Lipinski definition) is 6. The zero-order chi connectivity index (χ0) is 19.8. The van der Waals surface area contributed by atoms with Crippen molar-refractivity contribution in [2.24, 2.45) is 0 Å². The average Bonchev–Trinajstić information content (AvgIpc) is 3.28. The highest BCUT2D eigenvalue weighted by atomic mass is 32.1. The fourth-order valence-electron chi connectivity index (χ4n) is 3.70. The number of thiophene rings is 1. The van der Waals surface area contributed by atoms with Crippen LogP contribution in [0, 0.1) is 0 Å². The Bertz CT molecular complexity index is 1240. The molecule has 7 heteroatoms. The highest BCUT2D eigenvalue weighted by Crippen LogP contribution is 2.36. The summed E-state index contributed by atoms with van der Waals surface area (Å²) in [6, 6.07) is 10.5. The van der Waals surface area contributed by atoms with Crippen LogP contribution >= 0.6 is 22.7 Å². The number of pyridine rings is 1. The lowest BCUT2D eigenvalue weighted by atomic mass is 10.1. The van der Waals surface area contributed by atoms with Crippen LogP contribution in [0.5, 0.6) is 0 Å².